The van der Waals surface area contributed by atoms with Crippen LogP contribution in [0.4, 0.5) is 4.39 Å². The summed E-state index contributed by atoms with van der Waals surface area (Å²) in [4.78, 5) is 20.7. The molecule has 2 aromatic carbocycles. The summed E-state index contributed by atoms with van der Waals surface area (Å²) < 4.78 is 20.5. The molecular weight excluding hydrogens is 477 g/mol. The largest absolute Gasteiger partial charge is 0.338 e. The average molecular weight is 510 g/mol. The summed E-state index contributed by atoms with van der Waals surface area (Å²) in [7, 11) is 0. The zero-order valence-electron chi connectivity index (χ0n) is 21.4. The number of hydrogen-bond donors (Lipinski definition) is 1. The summed E-state index contributed by atoms with van der Waals surface area (Å²) in [6, 6.07) is 14.4. The fraction of sp³-hybridized carbons (Fsp3) is 0.484. The average Bonchev–Trinajstić information content (AvgIpc) is 3.52. The highest BCUT2D eigenvalue weighted by Crippen LogP contribution is 2.60. The van der Waals surface area contributed by atoms with Crippen LogP contribution < -0.4 is 5.32 Å². The van der Waals surface area contributed by atoms with Crippen LogP contribution in [0.3, 0.4) is 0 Å². The van der Waals surface area contributed by atoms with Crippen LogP contribution in [0.25, 0.3) is 33.5 Å². The standard InChI is InChI=1S/C31H32FN5O/c32-23-8-21(31(38)36-16-22-7-20-11-26(36)28(20)22)9-24-29(23)37(15-18-12-33-13-18)30(34-24)27-10-19-3-1-2-4-25(19)35(27)14-17-5-6-17/h1-4,8-10,17-18,20,22,26,28,33H,5-7,11-16H2/t20?,22?,26?,28-/m1/s1. The topological polar surface area (TPSA) is 55.1 Å². The Morgan fingerprint density at radius 2 is 1.84 bits per heavy atom. The zero-order valence-corrected chi connectivity index (χ0v) is 21.4. The minimum Gasteiger partial charge on any atom is -0.338 e. The van der Waals surface area contributed by atoms with E-state index in [0.717, 1.165) is 50.0 Å². The summed E-state index contributed by atoms with van der Waals surface area (Å²) >= 11 is 0. The Kier molecular flexibility index (Phi) is 4.39. The number of hydrogen-bond acceptors (Lipinski definition) is 3. The molecule has 194 valence electrons. The second kappa shape index (κ2) is 7.69. The molecule has 38 heavy (non-hydrogen) atoms. The molecule has 3 unspecified atom stereocenters. The van der Waals surface area contributed by atoms with Crippen LogP contribution in [0.1, 0.15) is 36.0 Å². The lowest BCUT2D eigenvalue weighted by Gasteiger charge is -2.52. The first-order chi connectivity index (χ1) is 18.6. The van der Waals surface area contributed by atoms with Crippen molar-refractivity contribution in [3.8, 4) is 11.5 Å². The van der Waals surface area contributed by atoms with Crippen LogP contribution in [0.5, 0.6) is 0 Å². The number of imidazole rings is 1. The molecule has 3 aliphatic carbocycles. The van der Waals surface area contributed by atoms with Crippen LogP contribution in [0.15, 0.2) is 42.5 Å². The number of aromatic nitrogens is 3. The van der Waals surface area contributed by atoms with Crippen molar-refractivity contribution in [1.29, 1.82) is 0 Å². The second-order valence-electron chi connectivity index (χ2n) is 12.6. The summed E-state index contributed by atoms with van der Waals surface area (Å²) in [6.07, 6.45) is 4.90. The molecule has 4 atom stereocenters. The van der Waals surface area contributed by atoms with Crippen molar-refractivity contribution in [3.63, 3.8) is 0 Å². The van der Waals surface area contributed by atoms with E-state index in [0.29, 0.717) is 52.9 Å². The molecule has 4 aromatic rings. The number of carbonyl (C=O) groups is 1. The van der Waals surface area contributed by atoms with Crippen LogP contribution >= 0.6 is 0 Å². The molecule has 7 heteroatoms. The molecular formula is C31H32FN5O. The molecule has 9 rings (SSSR count). The first-order valence-corrected chi connectivity index (χ1v) is 14.4. The van der Waals surface area contributed by atoms with E-state index in [-0.39, 0.29) is 11.7 Å². The van der Waals surface area contributed by atoms with E-state index in [1.165, 1.54) is 36.2 Å². The predicted molar refractivity (Wildman–Crippen MR) is 144 cm³/mol. The molecule has 1 N–H and O–H groups in total. The van der Waals surface area contributed by atoms with Crippen molar-refractivity contribution in [2.75, 3.05) is 19.6 Å². The maximum atomic E-state index is 16.0. The van der Waals surface area contributed by atoms with Gasteiger partial charge in [0.1, 0.15) is 11.3 Å². The van der Waals surface area contributed by atoms with E-state index in [1.54, 1.807) is 0 Å². The van der Waals surface area contributed by atoms with Gasteiger partial charge in [0.25, 0.3) is 5.91 Å². The molecule has 1 amide bonds. The number of nitrogens with zero attached hydrogens (tertiary/aromatic N) is 4. The normalized spacial score (nSPS) is 27.9. The number of fused-ring (bicyclic) bond motifs is 2. The third-order valence-corrected chi connectivity index (χ3v) is 10.3. The number of para-hydroxylation sites is 1. The molecule has 2 aromatic heterocycles. The number of nitrogens with one attached hydrogen (secondary N) is 1. The lowest BCUT2D eigenvalue weighted by Crippen LogP contribution is -2.53. The van der Waals surface area contributed by atoms with Crippen LogP contribution in [-0.2, 0) is 13.1 Å². The van der Waals surface area contributed by atoms with E-state index in [9.17, 15) is 4.79 Å². The monoisotopic (exact) mass is 509 g/mol. The molecule has 0 spiro atoms. The van der Waals surface area contributed by atoms with E-state index in [1.807, 2.05) is 11.0 Å². The molecule has 3 saturated carbocycles. The summed E-state index contributed by atoms with van der Waals surface area (Å²) in [5.41, 5.74) is 3.81. The van der Waals surface area contributed by atoms with Gasteiger partial charge in [-0.15, -0.1) is 0 Å². The molecule has 2 aliphatic heterocycles. The molecule has 2 saturated heterocycles. The fourth-order valence-corrected chi connectivity index (χ4v) is 7.96. The highest BCUT2D eigenvalue weighted by Gasteiger charge is 2.61. The lowest BCUT2D eigenvalue weighted by molar-refractivity contribution is -0.0204. The highest BCUT2D eigenvalue weighted by atomic mass is 19.1. The van der Waals surface area contributed by atoms with Gasteiger partial charge in [0.2, 0.25) is 0 Å². The van der Waals surface area contributed by atoms with Crippen molar-refractivity contribution in [1.82, 2.24) is 24.3 Å². The first kappa shape index (κ1) is 21.7. The molecule has 4 heterocycles. The minimum atomic E-state index is -0.338. The number of likely N-dealkylation sites (tertiary alicyclic amines) is 1. The van der Waals surface area contributed by atoms with E-state index >= 15 is 4.39 Å². The Bertz CT molecular complexity index is 1630. The molecule has 5 aliphatic rings. The van der Waals surface area contributed by atoms with Crippen molar-refractivity contribution in [3.05, 3.63) is 53.8 Å². The molecule has 0 radical (unpaired) electrons. The second-order valence-corrected chi connectivity index (χ2v) is 12.6. The maximum absolute atomic E-state index is 16.0. The highest BCUT2D eigenvalue weighted by molar-refractivity contribution is 5.99. The van der Waals surface area contributed by atoms with Crippen LogP contribution in [0.2, 0.25) is 0 Å². The number of benzene rings is 2. The van der Waals surface area contributed by atoms with Crippen molar-refractivity contribution in [2.24, 2.45) is 29.6 Å². The molecule has 5 fully saturated rings. The van der Waals surface area contributed by atoms with Gasteiger partial charge in [0.05, 0.1) is 11.2 Å². The van der Waals surface area contributed by atoms with Gasteiger partial charge in [-0.1, -0.05) is 18.2 Å². The Morgan fingerprint density at radius 3 is 2.61 bits per heavy atom. The third-order valence-electron chi connectivity index (χ3n) is 10.3. The smallest absolute Gasteiger partial charge is 0.254 e. The number of amides is 1. The number of halogens is 1. The van der Waals surface area contributed by atoms with Gasteiger partial charge < -0.3 is 19.4 Å². The van der Waals surface area contributed by atoms with Crippen molar-refractivity contribution < 1.29 is 9.18 Å². The van der Waals surface area contributed by atoms with Crippen LogP contribution in [-0.4, -0.2) is 50.6 Å². The Balaban J connectivity index is 1.18. The Hall–Kier alpha value is -3.19. The zero-order chi connectivity index (χ0) is 25.1. The first-order valence-electron chi connectivity index (χ1n) is 14.4. The third kappa shape index (κ3) is 3.02. The van der Waals surface area contributed by atoms with Gasteiger partial charge in [-0.05, 0) is 73.6 Å². The quantitative estimate of drug-likeness (QED) is 0.402. The summed E-state index contributed by atoms with van der Waals surface area (Å²) in [5.74, 6) is 3.77. The van der Waals surface area contributed by atoms with Crippen molar-refractivity contribution >= 4 is 27.8 Å². The van der Waals surface area contributed by atoms with Gasteiger partial charge in [0.15, 0.2) is 5.82 Å². The number of rotatable bonds is 6. The Morgan fingerprint density at radius 1 is 1.00 bits per heavy atom. The maximum Gasteiger partial charge on any atom is 0.254 e. The van der Waals surface area contributed by atoms with Gasteiger partial charge in [-0.2, -0.15) is 0 Å². The Labute approximate surface area is 220 Å². The predicted octanol–water partition coefficient (Wildman–Crippen LogP) is 4.91. The summed E-state index contributed by atoms with van der Waals surface area (Å²) in [5, 5.41) is 4.54. The molecule has 0 bridgehead atoms. The van der Waals surface area contributed by atoms with Gasteiger partial charge in [-0.3, -0.25) is 4.79 Å². The van der Waals surface area contributed by atoms with Crippen LogP contribution in [0, 0.1) is 35.4 Å². The van der Waals surface area contributed by atoms with Crippen molar-refractivity contribution in [2.45, 2.75) is 44.8 Å². The van der Waals surface area contributed by atoms with Gasteiger partial charge in [-0.25, -0.2) is 9.37 Å². The lowest BCUT2D eigenvalue weighted by atomic mass is 9.53. The minimum absolute atomic E-state index is 0.0224. The van der Waals surface area contributed by atoms with E-state index < -0.39 is 0 Å². The summed E-state index contributed by atoms with van der Waals surface area (Å²) in [6.45, 7) is 4.37. The van der Waals surface area contributed by atoms with E-state index in [4.69, 9.17) is 4.98 Å². The van der Waals surface area contributed by atoms with Gasteiger partial charge >= 0.3 is 0 Å². The molecule has 6 nitrogen and oxygen atoms in total. The SMILES string of the molecule is O=C(c1cc(F)c2c(c1)nc(-c1cc3ccccc3n1CC1CC1)n2CC1CNC1)N1CC2CC3CC1[C@H]32. The number of carbonyl (C=O) groups excluding carboxylic acids is 1. The van der Waals surface area contributed by atoms with Gasteiger partial charge in [0, 0.05) is 61.1 Å². The fourth-order valence-electron chi connectivity index (χ4n) is 7.96. The van der Waals surface area contributed by atoms with E-state index in [2.05, 4.69) is 44.8 Å².